The van der Waals surface area contributed by atoms with Gasteiger partial charge >= 0.3 is 5.97 Å². The van der Waals surface area contributed by atoms with Crippen molar-refractivity contribution in [3.05, 3.63) is 29.6 Å². The van der Waals surface area contributed by atoms with Crippen molar-refractivity contribution in [2.45, 2.75) is 13.0 Å². The zero-order chi connectivity index (χ0) is 9.97. The summed E-state index contributed by atoms with van der Waals surface area (Å²) < 4.78 is 0. The third-order valence-corrected chi connectivity index (χ3v) is 2.40. The monoisotopic (exact) mass is 192 g/mol. The fourth-order valence-corrected chi connectivity index (χ4v) is 1.49. The number of rotatable bonds is 3. The van der Waals surface area contributed by atoms with Crippen LogP contribution in [0.15, 0.2) is 18.5 Å². The van der Waals surface area contributed by atoms with Crippen LogP contribution in [-0.4, -0.2) is 34.0 Å². The van der Waals surface area contributed by atoms with Crippen LogP contribution in [0.2, 0.25) is 0 Å². The summed E-state index contributed by atoms with van der Waals surface area (Å²) >= 11 is 0. The number of carbonyl (C=O) groups is 1. The Balaban J connectivity index is 2.09. The minimum atomic E-state index is -0.914. The van der Waals surface area contributed by atoms with E-state index in [1.54, 1.807) is 12.3 Å². The second-order valence-electron chi connectivity index (χ2n) is 3.52. The van der Waals surface area contributed by atoms with E-state index < -0.39 is 5.97 Å². The molecule has 0 aliphatic carbocycles. The van der Waals surface area contributed by atoms with E-state index in [-0.39, 0.29) is 5.56 Å². The minimum absolute atomic E-state index is 0.267. The van der Waals surface area contributed by atoms with Gasteiger partial charge in [0.2, 0.25) is 0 Å². The molecule has 1 aromatic rings. The molecule has 2 rings (SSSR count). The van der Waals surface area contributed by atoms with Crippen molar-refractivity contribution in [1.82, 2.24) is 9.88 Å². The van der Waals surface area contributed by atoms with Crippen molar-refractivity contribution in [2.24, 2.45) is 0 Å². The van der Waals surface area contributed by atoms with Crippen molar-refractivity contribution in [3.63, 3.8) is 0 Å². The molecule has 1 aromatic heterocycles. The minimum Gasteiger partial charge on any atom is -0.478 e. The van der Waals surface area contributed by atoms with Gasteiger partial charge in [-0.1, -0.05) is 0 Å². The number of pyridine rings is 1. The lowest BCUT2D eigenvalue weighted by Crippen LogP contribution is -2.36. The molecule has 4 nitrogen and oxygen atoms in total. The van der Waals surface area contributed by atoms with Crippen molar-refractivity contribution in [2.75, 3.05) is 13.1 Å². The van der Waals surface area contributed by atoms with Gasteiger partial charge in [-0.3, -0.25) is 9.88 Å². The molecule has 0 saturated carbocycles. The van der Waals surface area contributed by atoms with Crippen LogP contribution in [0.4, 0.5) is 0 Å². The Bertz CT molecular complexity index is 348. The molecule has 74 valence electrons. The maximum Gasteiger partial charge on any atom is 0.337 e. The van der Waals surface area contributed by atoms with Gasteiger partial charge in [0, 0.05) is 18.9 Å². The molecule has 0 unspecified atom stereocenters. The Morgan fingerprint density at radius 3 is 2.86 bits per heavy atom. The fraction of sp³-hybridized carbons (Fsp3) is 0.400. The molecular formula is C10H12N2O2. The first-order valence-electron chi connectivity index (χ1n) is 4.65. The number of likely N-dealkylation sites (tertiary alicyclic amines) is 1. The molecule has 2 heterocycles. The second-order valence-corrected chi connectivity index (χ2v) is 3.52. The smallest absolute Gasteiger partial charge is 0.337 e. The van der Waals surface area contributed by atoms with Gasteiger partial charge in [-0.2, -0.15) is 0 Å². The van der Waals surface area contributed by atoms with Crippen LogP contribution in [-0.2, 0) is 6.54 Å². The van der Waals surface area contributed by atoms with Crippen LogP contribution in [0, 0.1) is 0 Å². The predicted octanol–water partition coefficient (Wildman–Crippen LogP) is 0.986. The van der Waals surface area contributed by atoms with Gasteiger partial charge in [0.25, 0.3) is 0 Å². The Labute approximate surface area is 82.2 Å². The van der Waals surface area contributed by atoms with Gasteiger partial charge in [-0.15, -0.1) is 0 Å². The Morgan fingerprint density at radius 1 is 1.50 bits per heavy atom. The third-order valence-electron chi connectivity index (χ3n) is 2.40. The topological polar surface area (TPSA) is 53.4 Å². The number of aromatic nitrogens is 1. The zero-order valence-electron chi connectivity index (χ0n) is 7.81. The van der Waals surface area contributed by atoms with Crippen LogP contribution in [0.1, 0.15) is 22.3 Å². The molecule has 4 heteroatoms. The van der Waals surface area contributed by atoms with E-state index in [0.29, 0.717) is 0 Å². The number of aromatic carboxylic acids is 1. The van der Waals surface area contributed by atoms with Crippen molar-refractivity contribution in [3.8, 4) is 0 Å². The van der Waals surface area contributed by atoms with E-state index in [1.807, 2.05) is 0 Å². The number of hydrogen-bond donors (Lipinski definition) is 1. The van der Waals surface area contributed by atoms with Crippen LogP contribution in [0.3, 0.4) is 0 Å². The summed E-state index contributed by atoms with van der Waals surface area (Å²) in [6.45, 7) is 3.03. The van der Waals surface area contributed by atoms with E-state index in [4.69, 9.17) is 5.11 Å². The number of carboxylic acids is 1. The molecule has 1 aliphatic heterocycles. The fourth-order valence-electron chi connectivity index (χ4n) is 1.49. The zero-order valence-corrected chi connectivity index (χ0v) is 7.81. The number of hydrogen-bond acceptors (Lipinski definition) is 3. The first-order chi connectivity index (χ1) is 6.75. The van der Waals surface area contributed by atoms with E-state index >= 15 is 0 Å². The normalized spacial score (nSPS) is 16.3. The maximum absolute atomic E-state index is 10.7. The van der Waals surface area contributed by atoms with Gasteiger partial charge in [-0.25, -0.2) is 4.79 Å². The summed E-state index contributed by atoms with van der Waals surface area (Å²) in [5.41, 5.74) is 1.24. The predicted molar refractivity (Wildman–Crippen MR) is 51.1 cm³/mol. The van der Waals surface area contributed by atoms with Crippen molar-refractivity contribution < 1.29 is 9.90 Å². The van der Waals surface area contributed by atoms with Crippen molar-refractivity contribution in [1.29, 1.82) is 0 Å². The average Bonchev–Trinajstić information content (AvgIpc) is 2.12. The third kappa shape index (κ3) is 1.90. The molecule has 0 spiro atoms. The molecule has 0 radical (unpaired) electrons. The second kappa shape index (κ2) is 3.75. The number of carboxylic acid groups (broad SMARTS) is 1. The Morgan fingerprint density at radius 2 is 2.29 bits per heavy atom. The van der Waals surface area contributed by atoms with Gasteiger partial charge < -0.3 is 5.11 Å². The van der Waals surface area contributed by atoms with Gasteiger partial charge in [0.15, 0.2) is 0 Å². The lowest BCUT2D eigenvalue weighted by Gasteiger charge is -2.30. The standard InChI is InChI=1S/C10H12N2O2/c13-10(14)9-4-8(5-11-6-9)7-12-2-1-3-12/h4-6H,1-3,7H2,(H,13,14). The quantitative estimate of drug-likeness (QED) is 0.775. The van der Waals surface area contributed by atoms with Gasteiger partial charge in [-0.05, 0) is 31.1 Å². The molecule has 1 N–H and O–H groups in total. The molecule has 0 aromatic carbocycles. The van der Waals surface area contributed by atoms with E-state index in [1.165, 1.54) is 12.6 Å². The Hall–Kier alpha value is -1.42. The molecule has 0 bridgehead atoms. The van der Waals surface area contributed by atoms with E-state index in [0.717, 1.165) is 25.2 Å². The number of nitrogens with zero attached hydrogens (tertiary/aromatic N) is 2. The summed E-state index contributed by atoms with van der Waals surface area (Å²) in [5.74, 6) is -0.914. The van der Waals surface area contributed by atoms with E-state index in [2.05, 4.69) is 9.88 Å². The van der Waals surface area contributed by atoms with Crippen molar-refractivity contribution >= 4 is 5.97 Å². The van der Waals surface area contributed by atoms with Crippen LogP contribution >= 0.6 is 0 Å². The lowest BCUT2D eigenvalue weighted by molar-refractivity contribution is 0.0696. The highest BCUT2D eigenvalue weighted by molar-refractivity contribution is 5.87. The Kier molecular flexibility index (Phi) is 2.45. The molecule has 14 heavy (non-hydrogen) atoms. The van der Waals surface area contributed by atoms with Crippen LogP contribution in [0.5, 0.6) is 0 Å². The molecule has 1 fully saturated rings. The SMILES string of the molecule is O=C(O)c1cncc(CN2CCC2)c1. The highest BCUT2D eigenvalue weighted by atomic mass is 16.4. The molecular weight excluding hydrogens is 180 g/mol. The summed E-state index contributed by atoms with van der Waals surface area (Å²) in [7, 11) is 0. The largest absolute Gasteiger partial charge is 0.478 e. The molecule has 0 atom stereocenters. The first-order valence-corrected chi connectivity index (χ1v) is 4.65. The van der Waals surface area contributed by atoms with Gasteiger partial charge in [0.1, 0.15) is 0 Å². The summed E-state index contributed by atoms with van der Waals surface area (Å²) in [6.07, 6.45) is 4.35. The maximum atomic E-state index is 10.7. The summed E-state index contributed by atoms with van der Waals surface area (Å²) in [5, 5.41) is 8.76. The first kappa shape index (κ1) is 9.15. The van der Waals surface area contributed by atoms with Crippen LogP contribution in [0.25, 0.3) is 0 Å². The van der Waals surface area contributed by atoms with Gasteiger partial charge in [0.05, 0.1) is 5.56 Å². The average molecular weight is 192 g/mol. The molecule has 1 aliphatic rings. The summed E-state index contributed by atoms with van der Waals surface area (Å²) in [6, 6.07) is 1.69. The summed E-state index contributed by atoms with van der Waals surface area (Å²) in [4.78, 5) is 16.8. The lowest BCUT2D eigenvalue weighted by atomic mass is 10.1. The van der Waals surface area contributed by atoms with Crippen LogP contribution < -0.4 is 0 Å². The highest BCUT2D eigenvalue weighted by Gasteiger charge is 2.14. The highest BCUT2D eigenvalue weighted by Crippen LogP contribution is 2.12. The van der Waals surface area contributed by atoms with E-state index in [9.17, 15) is 4.79 Å². The molecule has 1 saturated heterocycles. The molecule has 0 amide bonds.